The molecule has 1 heterocycles. The van der Waals surface area contributed by atoms with Gasteiger partial charge in [0.2, 0.25) is 0 Å². The van der Waals surface area contributed by atoms with Crippen LogP contribution in [0.5, 0.6) is 0 Å². The summed E-state index contributed by atoms with van der Waals surface area (Å²) in [6, 6.07) is 22.7. The number of anilines is 2. The summed E-state index contributed by atoms with van der Waals surface area (Å²) in [6.07, 6.45) is 5.59. The number of aromatic nitrogens is 1. The van der Waals surface area contributed by atoms with E-state index in [-0.39, 0.29) is 5.91 Å². The molecule has 0 radical (unpaired) electrons. The van der Waals surface area contributed by atoms with Gasteiger partial charge in [-0.25, -0.2) is 0 Å². The number of rotatable bonds is 6. The summed E-state index contributed by atoms with van der Waals surface area (Å²) in [6.45, 7) is 0.709. The van der Waals surface area contributed by atoms with Gasteiger partial charge < -0.3 is 10.2 Å². The van der Waals surface area contributed by atoms with E-state index in [0.29, 0.717) is 18.2 Å². The fraction of sp³-hybridized carbons (Fsp3) is 0.182. The van der Waals surface area contributed by atoms with Gasteiger partial charge in [-0.1, -0.05) is 48.5 Å². The molecule has 1 aliphatic rings. The number of para-hydroxylation sites is 1. The molecule has 26 heavy (non-hydrogen) atoms. The molecular formula is C22H21N3O. The summed E-state index contributed by atoms with van der Waals surface area (Å²) in [7, 11) is 0. The van der Waals surface area contributed by atoms with Gasteiger partial charge in [0, 0.05) is 24.5 Å². The third-order valence-corrected chi connectivity index (χ3v) is 4.46. The number of pyridine rings is 1. The van der Waals surface area contributed by atoms with Crippen LogP contribution >= 0.6 is 0 Å². The molecule has 4 rings (SSSR count). The number of nitrogens with zero attached hydrogens (tertiary/aromatic N) is 2. The standard InChI is InChI=1S/C22H21N3O/c26-22(24-19-11-12-19)18-13-21(15-23-14-18)25(20-9-5-2-6-10-20)16-17-7-3-1-4-8-17/h1-10,13-15,19H,11-12,16H2,(H,24,26). The van der Waals surface area contributed by atoms with Crippen molar-refractivity contribution in [3.8, 4) is 0 Å². The fourth-order valence-corrected chi connectivity index (χ4v) is 2.90. The quantitative estimate of drug-likeness (QED) is 0.725. The summed E-state index contributed by atoms with van der Waals surface area (Å²) in [5, 5.41) is 3.03. The first kappa shape index (κ1) is 16.3. The number of nitrogens with one attached hydrogen (secondary N) is 1. The average molecular weight is 343 g/mol. The van der Waals surface area contributed by atoms with E-state index in [4.69, 9.17) is 0 Å². The topological polar surface area (TPSA) is 45.2 Å². The second-order valence-corrected chi connectivity index (χ2v) is 6.59. The van der Waals surface area contributed by atoms with Crippen molar-refractivity contribution < 1.29 is 4.79 Å². The van der Waals surface area contributed by atoms with E-state index in [2.05, 4.69) is 39.5 Å². The second-order valence-electron chi connectivity index (χ2n) is 6.59. The molecule has 1 aliphatic carbocycles. The molecule has 3 aromatic rings. The second kappa shape index (κ2) is 7.40. The maximum absolute atomic E-state index is 12.4. The maximum Gasteiger partial charge on any atom is 0.253 e. The molecule has 0 saturated heterocycles. The highest BCUT2D eigenvalue weighted by atomic mass is 16.1. The van der Waals surface area contributed by atoms with E-state index in [9.17, 15) is 4.79 Å². The Hall–Kier alpha value is -3.14. The lowest BCUT2D eigenvalue weighted by Gasteiger charge is -2.25. The maximum atomic E-state index is 12.4. The molecule has 4 heteroatoms. The molecule has 1 fully saturated rings. The Bertz CT molecular complexity index is 876. The van der Waals surface area contributed by atoms with Crippen LogP contribution in [0.4, 0.5) is 11.4 Å². The highest BCUT2D eigenvalue weighted by molar-refractivity contribution is 5.95. The number of benzene rings is 2. The first-order chi connectivity index (χ1) is 12.8. The van der Waals surface area contributed by atoms with Gasteiger partial charge in [-0.2, -0.15) is 0 Å². The minimum absolute atomic E-state index is 0.0467. The van der Waals surface area contributed by atoms with Gasteiger partial charge in [0.05, 0.1) is 17.4 Å². The Kier molecular flexibility index (Phi) is 4.65. The molecule has 0 atom stereocenters. The normalized spacial score (nSPS) is 13.2. The van der Waals surface area contributed by atoms with Crippen LogP contribution in [0.15, 0.2) is 79.1 Å². The first-order valence-corrected chi connectivity index (χ1v) is 8.92. The van der Waals surface area contributed by atoms with Crippen molar-refractivity contribution in [2.75, 3.05) is 4.90 Å². The zero-order valence-corrected chi connectivity index (χ0v) is 14.5. The zero-order valence-electron chi connectivity index (χ0n) is 14.5. The molecule has 1 amide bonds. The predicted molar refractivity (Wildman–Crippen MR) is 103 cm³/mol. The third-order valence-electron chi connectivity index (χ3n) is 4.46. The highest BCUT2D eigenvalue weighted by Gasteiger charge is 2.24. The SMILES string of the molecule is O=C(NC1CC1)c1cncc(N(Cc2ccccc2)c2ccccc2)c1. The van der Waals surface area contributed by atoms with E-state index in [0.717, 1.165) is 24.2 Å². The van der Waals surface area contributed by atoms with Crippen molar-refractivity contribution in [1.29, 1.82) is 0 Å². The Morgan fingerprint density at radius 2 is 1.65 bits per heavy atom. The molecule has 1 saturated carbocycles. The van der Waals surface area contributed by atoms with Gasteiger partial charge in [-0.05, 0) is 36.6 Å². The number of carbonyl (C=O) groups is 1. The van der Waals surface area contributed by atoms with Gasteiger partial charge in [0.25, 0.3) is 5.91 Å². The Morgan fingerprint density at radius 1 is 0.962 bits per heavy atom. The lowest BCUT2D eigenvalue weighted by molar-refractivity contribution is 0.0950. The molecule has 0 bridgehead atoms. The Balaban J connectivity index is 1.66. The van der Waals surface area contributed by atoms with Crippen LogP contribution in [0, 0.1) is 0 Å². The van der Waals surface area contributed by atoms with Crippen LogP contribution in [-0.4, -0.2) is 16.9 Å². The number of hydrogen-bond donors (Lipinski definition) is 1. The van der Waals surface area contributed by atoms with Crippen molar-refractivity contribution in [3.05, 3.63) is 90.3 Å². The summed E-state index contributed by atoms with van der Waals surface area (Å²) >= 11 is 0. The Labute approximate surface area is 153 Å². The summed E-state index contributed by atoms with van der Waals surface area (Å²) in [5.41, 5.74) is 3.77. The monoisotopic (exact) mass is 343 g/mol. The largest absolute Gasteiger partial charge is 0.349 e. The van der Waals surface area contributed by atoms with Gasteiger partial charge >= 0.3 is 0 Å². The van der Waals surface area contributed by atoms with Crippen molar-refractivity contribution >= 4 is 17.3 Å². The van der Waals surface area contributed by atoms with Crippen LogP contribution in [0.2, 0.25) is 0 Å². The number of carbonyl (C=O) groups excluding carboxylic acids is 1. The van der Waals surface area contributed by atoms with Crippen LogP contribution in [0.25, 0.3) is 0 Å². The average Bonchev–Trinajstić information content (AvgIpc) is 3.52. The van der Waals surface area contributed by atoms with Crippen molar-refractivity contribution in [2.24, 2.45) is 0 Å². The molecule has 0 aliphatic heterocycles. The molecule has 0 spiro atoms. The van der Waals surface area contributed by atoms with Crippen molar-refractivity contribution in [1.82, 2.24) is 10.3 Å². The van der Waals surface area contributed by atoms with E-state index in [1.54, 1.807) is 6.20 Å². The van der Waals surface area contributed by atoms with Crippen LogP contribution in [0.3, 0.4) is 0 Å². The van der Waals surface area contributed by atoms with Gasteiger partial charge in [-0.15, -0.1) is 0 Å². The number of hydrogen-bond acceptors (Lipinski definition) is 3. The van der Waals surface area contributed by atoms with E-state index in [1.807, 2.05) is 48.7 Å². The van der Waals surface area contributed by atoms with Crippen molar-refractivity contribution in [3.63, 3.8) is 0 Å². The summed E-state index contributed by atoms with van der Waals surface area (Å²) < 4.78 is 0. The smallest absolute Gasteiger partial charge is 0.253 e. The van der Waals surface area contributed by atoms with Crippen LogP contribution < -0.4 is 10.2 Å². The molecule has 4 nitrogen and oxygen atoms in total. The van der Waals surface area contributed by atoms with Crippen LogP contribution in [0.1, 0.15) is 28.8 Å². The lowest BCUT2D eigenvalue weighted by atomic mass is 10.1. The summed E-state index contributed by atoms with van der Waals surface area (Å²) in [4.78, 5) is 18.9. The summed E-state index contributed by atoms with van der Waals surface area (Å²) in [5.74, 6) is -0.0467. The minimum atomic E-state index is -0.0467. The lowest BCUT2D eigenvalue weighted by Crippen LogP contribution is -2.26. The molecule has 1 aromatic heterocycles. The third kappa shape index (κ3) is 3.91. The molecule has 1 N–H and O–H groups in total. The molecule has 2 aromatic carbocycles. The first-order valence-electron chi connectivity index (χ1n) is 8.92. The molecular weight excluding hydrogens is 322 g/mol. The fourth-order valence-electron chi connectivity index (χ4n) is 2.90. The van der Waals surface area contributed by atoms with Crippen molar-refractivity contribution in [2.45, 2.75) is 25.4 Å². The van der Waals surface area contributed by atoms with E-state index in [1.165, 1.54) is 5.56 Å². The molecule has 130 valence electrons. The highest BCUT2D eigenvalue weighted by Crippen LogP contribution is 2.28. The van der Waals surface area contributed by atoms with E-state index < -0.39 is 0 Å². The zero-order chi connectivity index (χ0) is 17.8. The van der Waals surface area contributed by atoms with E-state index >= 15 is 0 Å². The Morgan fingerprint density at radius 3 is 2.35 bits per heavy atom. The minimum Gasteiger partial charge on any atom is -0.349 e. The van der Waals surface area contributed by atoms with Crippen LogP contribution in [-0.2, 0) is 6.54 Å². The van der Waals surface area contributed by atoms with Gasteiger partial charge in [0.1, 0.15) is 0 Å². The van der Waals surface area contributed by atoms with Gasteiger partial charge in [-0.3, -0.25) is 9.78 Å². The predicted octanol–water partition coefficient (Wildman–Crippen LogP) is 4.31. The number of amides is 1. The molecule has 0 unspecified atom stereocenters. The van der Waals surface area contributed by atoms with Gasteiger partial charge in [0.15, 0.2) is 0 Å².